The van der Waals surface area contributed by atoms with Gasteiger partial charge >= 0.3 is 0 Å². The lowest BCUT2D eigenvalue weighted by Gasteiger charge is -2.37. The van der Waals surface area contributed by atoms with Crippen molar-refractivity contribution in [2.24, 2.45) is 7.05 Å². The van der Waals surface area contributed by atoms with E-state index in [9.17, 15) is 4.79 Å². The van der Waals surface area contributed by atoms with Gasteiger partial charge < -0.3 is 5.32 Å². The first kappa shape index (κ1) is 16.3. The molecule has 1 saturated heterocycles. The van der Waals surface area contributed by atoms with Gasteiger partial charge in [-0.25, -0.2) is 0 Å². The molecule has 5 heteroatoms. The number of aryl methyl sites for hydroxylation is 2. The quantitative estimate of drug-likeness (QED) is 0.932. The van der Waals surface area contributed by atoms with E-state index in [1.165, 1.54) is 11.1 Å². The van der Waals surface area contributed by atoms with Crippen molar-refractivity contribution in [2.75, 3.05) is 13.1 Å². The normalized spacial score (nSPS) is 21.3. The van der Waals surface area contributed by atoms with E-state index in [1.807, 2.05) is 20.0 Å². The summed E-state index contributed by atoms with van der Waals surface area (Å²) in [6.07, 6.45) is 4.46. The van der Waals surface area contributed by atoms with Gasteiger partial charge in [-0.2, -0.15) is 5.10 Å². The molecule has 2 aromatic rings. The highest BCUT2D eigenvalue weighted by molar-refractivity contribution is 5.92. The van der Waals surface area contributed by atoms with Crippen molar-refractivity contribution in [3.05, 3.63) is 52.8 Å². The number of fused-ring (bicyclic) bond motifs is 1. The highest BCUT2D eigenvalue weighted by atomic mass is 16.2. The average Bonchev–Trinajstić information content (AvgIpc) is 3.19. The van der Waals surface area contributed by atoms with Crippen LogP contribution in [0.5, 0.6) is 0 Å². The lowest BCUT2D eigenvalue weighted by Crippen LogP contribution is -2.51. The first-order valence-corrected chi connectivity index (χ1v) is 9.22. The van der Waals surface area contributed by atoms with Gasteiger partial charge in [0, 0.05) is 31.4 Å². The molecule has 2 aliphatic rings. The highest BCUT2D eigenvalue weighted by Crippen LogP contribution is 2.27. The zero-order valence-electron chi connectivity index (χ0n) is 15.0. The molecular weight excluding hydrogens is 312 g/mol. The van der Waals surface area contributed by atoms with Gasteiger partial charge in [0.25, 0.3) is 5.91 Å². The number of carbonyl (C=O) groups excluding carboxylic acids is 1. The Morgan fingerprint density at radius 2 is 1.96 bits per heavy atom. The Morgan fingerprint density at radius 3 is 2.60 bits per heavy atom. The van der Waals surface area contributed by atoms with E-state index in [2.05, 4.69) is 39.6 Å². The van der Waals surface area contributed by atoms with Gasteiger partial charge in [-0.3, -0.25) is 14.4 Å². The van der Waals surface area contributed by atoms with Crippen LogP contribution in [0.2, 0.25) is 0 Å². The zero-order valence-corrected chi connectivity index (χ0v) is 15.0. The molecule has 5 nitrogen and oxygen atoms in total. The van der Waals surface area contributed by atoms with Crippen molar-refractivity contribution >= 4 is 5.91 Å². The van der Waals surface area contributed by atoms with Crippen molar-refractivity contribution in [3.63, 3.8) is 0 Å². The van der Waals surface area contributed by atoms with E-state index in [1.54, 1.807) is 4.68 Å². The first-order chi connectivity index (χ1) is 12.1. The van der Waals surface area contributed by atoms with Crippen LogP contribution in [0, 0.1) is 6.92 Å². The number of hydrogen-bond acceptors (Lipinski definition) is 3. The van der Waals surface area contributed by atoms with E-state index in [4.69, 9.17) is 0 Å². The lowest BCUT2D eigenvalue weighted by molar-refractivity contribution is 0.0871. The van der Waals surface area contributed by atoms with Crippen LogP contribution in [0.1, 0.15) is 40.2 Å². The molecular formula is C20H26N4O. The Bertz CT molecular complexity index is 737. The molecule has 0 saturated carbocycles. The third-order valence-corrected chi connectivity index (χ3v) is 5.68. The summed E-state index contributed by atoms with van der Waals surface area (Å²) in [7, 11) is 1.87. The molecule has 1 aromatic carbocycles. The third-order valence-electron chi connectivity index (χ3n) is 5.68. The molecule has 1 amide bonds. The Hall–Kier alpha value is -2.14. The molecule has 1 N–H and O–H groups in total. The highest BCUT2D eigenvalue weighted by Gasteiger charge is 2.31. The Morgan fingerprint density at radius 1 is 1.24 bits per heavy atom. The van der Waals surface area contributed by atoms with Gasteiger partial charge in [-0.1, -0.05) is 24.3 Å². The van der Waals surface area contributed by atoms with Gasteiger partial charge in [0.1, 0.15) is 5.69 Å². The summed E-state index contributed by atoms with van der Waals surface area (Å²) >= 11 is 0. The number of hydrogen-bond donors (Lipinski definition) is 1. The van der Waals surface area contributed by atoms with Crippen molar-refractivity contribution in [1.82, 2.24) is 20.0 Å². The predicted octanol–water partition coefficient (Wildman–Crippen LogP) is 2.09. The van der Waals surface area contributed by atoms with Crippen molar-refractivity contribution in [1.29, 1.82) is 0 Å². The average molecular weight is 338 g/mol. The molecule has 0 unspecified atom stereocenters. The molecule has 132 valence electrons. The van der Waals surface area contributed by atoms with Crippen molar-refractivity contribution in [2.45, 2.75) is 44.7 Å². The number of rotatable bonds is 3. The lowest BCUT2D eigenvalue weighted by atomic mass is 10.0. The minimum atomic E-state index is -0.0507. The minimum Gasteiger partial charge on any atom is -0.347 e. The van der Waals surface area contributed by atoms with E-state index < -0.39 is 0 Å². The predicted molar refractivity (Wildman–Crippen MR) is 97.6 cm³/mol. The van der Waals surface area contributed by atoms with E-state index >= 15 is 0 Å². The SMILES string of the molecule is Cc1cc(C(=O)N[C@@H]2CCCN(C3Cc4ccccc4C3)C2)nn1C. The molecule has 1 fully saturated rings. The van der Waals surface area contributed by atoms with Gasteiger partial charge in [0.05, 0.1) is 0 Å². The summed E-state index contributed by atoms with van der Waals surface area (Å²) in [4.78, 5) is 15.0. The van der Waals surface area contributed by atoms with E-state index in [0.717, 1.165) is 44.5 Å². The van der Waals surface area contributed by atoms with E-state index in [-0.39, 0.29) is 11.9 Å². The molecule has 1 aliphatic heterocycles. The van der Waals surface area contributed by atoms with Gasteiger partial charge in [-0.15, -0.1) is 0 Å². The Labute approximate surface area is 149 Å². The molecule has 0 spiro atoms. The molecule has 0 radical (unpaired) electrons. The molecule has 25 heavy (non-hydrogen) atoms. The van der Waals surface area contributed by atoms with Crippen molar-refractivity contribution in [3.8, 4) is 0 Å². The monoisotopic (exact) mass is 338 g/mol. The van der Waals surface area contributed by atoms with Crippen LogP contribution >= 0.6 is 0 Å². The Balaban J connectivity index is 1.38. The summed E-state index contributed by atoms with van der Waals surface area (Å²) in [6.45, 7) is 4.04. The standard InChI is InChI=1S/C20H26N4O/c1-14-10-19(22-23(14)2)20(25)21-17-8-5-9-24(13-17)18-11-15-6-3-4-7-16(15)12-18/h3-4,6-7,10,17-18H,5,8-9,11-13H2,1-2H3,(H,21,25)/t17-/m1/s1. The first-order valence-electron chi connectivity index (χ1n) is 9.22. The summed E-state index contributed by atoms with van der Waals surface area (Å²) in [5.41, 5.74) is 4.50. The third kappa shape index (κ3) is 3.33. The largest absolute Gasteiger partial charge is 0.347 e. The van der Waals surface area contributed by atoms with Crippen molar-refractivity contribution < 1.29 is 4.79 Å². The summed E-state index contributed by atoms with van der Waals surface area (Å²) in [5, 5.41) is 7.48. The second kappa shape index (κ2) is 6.64. The van der Waals surface area contributed by atoms with Crippen LogP contribution in [0.25, 0.3) is 0 Å². The van der Waals surface area contributed by atoms with Gasteiger partial charge in [0.15, 0.2) is 0 Å². The summed E-state index contributed by atoms with van der Waals surface area (Å²) in [6, 6.07) is 11.4. The fraction of sp³-hybridized carbons (Fsp3) is 0.500. The number of carbonyl (C=O) groups is 1. The second-order valence-electron chi connectivity index (χ2n) is 7.43. The molecule has 1 atom stereocenters. The summed E-state index contributed by atoms with van der Waals surface area (Å²) < 4.78 is 1.75. The van der Waals surface area contributed by atoms with Crippen LogP contribution in [-0.2, 0) is 19.9 Å². The Kier molecular flexibility index (Phi) is 4.34. The van der Waals surface area contributed by atoms with Crippen LogP contribution in [-0.4, -0.2) is 45.8 Å². The fourth-order valence-electron chi connectivity index (χ4n) is 4.18. The fourth-order valence-corrected chi connectivity index (χ4v) is 4.18. The molecule has 1 aromatic heterocycles. The molecule has 0 bridgehead atoms. The zero-order chi connectivity index (χ0) is 17.4. The molecule has 4 rings (SSSR count). The smallest absolute Gasteiger partial charge is 0.272 e. The topological polar surface area (TPSA) is 50.2 Å². The van der Waals surface area contributed by atoms with Gasteiger partial charge in [0.2, 0.25) is 0 Å². The number of piperidine rings is 1. The number of amides is 1. The number of benzene rings is 1. The van der Waals surface area contributed by atoms with Gasteiger partial charge in [-0.05, 0) is 56.3 Å². The van der Waals surface area contributed by atoms with E-state index in [0.29, 0.717) is 11.7 Å². The number of nitrogens with zero attached hydrogens (tertiary/aromatic N) is 3. The number of likely N-dealkylation sites (tertiary alicyclic amines) is 1. The van der Waals surface area contributed by atoms with Crippen LogP contribution in [0.4, 0.5) is 0 Å². The molecule has 1 aliphatic carbocycles. The van der Waals surface area contributed by atoms with Crippen LogP contribution in [0.3, 0.4) is 0 Å². The number of nitrogens with one attached hydrogen (secondary N) is 1. The summed E-state index contributed by atoms with van der Waals surface area (Å²) in [5.74, 6) is -0.0507. The maximum absolute atomic E-state index is 12.5. The number of aromatic nitrogens is 2. The second-order valence-corrected chi connectivity index (χ2v) is 7.43. The molecule has 2 heterocycles. The maximum Gasteiger partial charge on any atom is 0.272 e. The van der Waals surface area contributed by atoms with Crippen LogP contribution < -0.4 is 5.32 Å². The maximum atomic E-state index is 12.5. The minimum absolute atomic E-state index is 0.0507. The van der Waals surface area contributed by atoms with Crippen LogP contribution in [0.15, 0.2) is 30.3 Å².